The number of hydrogen-bond donors (Lipinski definition) is 0. The number of furan rings is 2. The normalized spacial score (nSPS) is 12.2. The highest BCUT2D eigenvalue weighted by Crippen LogP contribution is 2.37. The Hall–Kier alpha value is -3.48. The second-order valence-corrected chi connectivity index (χ2v) is 13.7. The summed E-state index contributed by atoms with van der Waals surface area (Å²) >= 11 is 0. The molecule has 0 saturated heterocycles. The molecule has 0 bridgehead atoms. The molecule has 2 aromatic heterocycles. The molecule has 30 heavy (non-hydrogen) atoms. The van der Waals surface area contributed by atoms with Crippen molar-refractivity contribution in [1.29, 1.82) is 0 Å². The molecule has 0 N–H and O–H groups in total. The van der Waals surface area contributed by atoms with Gasteiger partial charge in [0.1, 0.15) is 19.2 Å². The lowest BCUT2D eigenvalue weighted by Gasteiger charge is -2.08. The molecule has 0 atom stereocenters. The van der Waals surface area contributed by atoms with Crippen LogP contribution in [-0.4, -0.2) is 8.07 Å². The summed E-state index contributed by atoms with van der Waals surface area (Å²) in [7, 11) is -1.45. The molecule has 0 spiro atoms. The van der Waals surface area contributed by atoms with Gasteiger partial charge in [-0.1, -0.05) is 56.0 Å². The fourth-order valence-corrected chi connectivity index (χ4v) is 4.77. The van der Waals surface area contributed by atoms with Gasteiger partial charge in [0.15, 0.2) is 5.76 Å². The first-order chi connectivity index (χ1) is 14.5. The van der Waals surface area contributed by atoms with Crippen LogP contribution in [0.1, 0.15) is 5.76 Å². The molecule has 144 valence electrons. The second-order valence-electron chi connectivity index (χ2n) is 8.92. The molecule has 6 aromatic rings. The second kappa shape index (κ2) is 6.01. The smallest absolute Gasteiger partial charge is 0.177 e. The van der Waals surface area contributed by atoms with E-state index in [4.69, 9.17) is 8.83 Å². The fraction of sp³-hybridized carbons (Fsp3) is 0.111. The van der Waals surface area contributed by atoms with E-state index in [1.807, 2.05) is 6.07 Å². The van der Waals surface area contributed by atoms with Crippen molar-refractivity contribution in [3.8, 4) is 11.5 Å². The monoisotopic (exact) mass is 404 g/mol. The molecule has 0 aliphatic rings. The van der Waals surface area contributed by atoms with E-state index in [1.54, 1.807) is 6.26 Å². The van der Waals surface area contributed by atoms with Crippen molar-refractivity contribution >= 4 is 62.3 Å². The van der Waals surface area contributed by atoms with Crippen LogP contribution in [0.25, 0.3) is 54.3 Å². The summed E-state index contributed by atoms with van der Waals surface area (Å²) in [5, 5.41) is 9.35. The maximum Gasteiger partial charge on any atom is 0.177 e. The third kappa shape index (κ3) is 2.58. The SMILES string of the molecule is C[Si](C)(C)C#Cc1cc2ccc3c4ccc5c(ccc6ccoc65)c4ccc3c2o1. The first-order valence-electron chi connectivity index (χ1n) is 10.2. The Balaban J connectivity index is 1.64. The standard InChI is InChI=1S/C27H20O2Si/c1-30(2,3)15-13-19-16-18-5-7-23-21-8-10-24-22(6-4-17-12-14-28-26(17)24)20(21)9-11-25(23)27(18)29-19/h4-12,14,16H,1-3H3. The molecule has 2 nitrogen and oxygen atoms in total. The summed E-state index contributed by atoms with van der Waals surface area (Å²) in [4.78, 5) is 0. The van der Waals surface area contributed by atoms with Crippen LogP contribution in [-0.2, 0) is 0 Å². The van der Waals surface area contributed by atoms with Crippen molar-refractivity contribution in [2.45, 2.75) is 19.6 Å². The van der Waals surface area contributed by atoms with Gasteiger partial charge in [0.05, 0.1) is 6.26 Å². The summed E-state index contributed by atoms with van der Waals surface area (Å²) < 4.78 is 11.9. The molecular formula is C27H20O2Si. The molecule has 0 radical (unpaired) electrons. The molecule has 0 aliphatic heterocycles. The van der Waals surface area contributed by atoms with E-state index in [9.17, 15) is 0 Å². The van der Waals surface area contributed by atoms with Gasteiger partial charge < -0.3 is 8.83 Å². The Labute approximate surface area is 175 Å². The first kappa shape index (κ1) is 17.4. The van der Waals surface area contributed by atoms with E-state index in [0.29, 0.717) is 0 Å². The average Bonchev–Trinajstić information content (AvgIpc) is 3.37. The Morgan fingerprint density at radius 3 is 1.90 bits per heavy atom. The molecule has 3 heteroatoms. The number of hydrogen-bond acceptors (Lipinski definition) is 2. The minimum atomic E-state index is -1.45. The lowest BCUT2D eigenvalue weighted by molar-refractivity contribution is 0.604. The molecule has 0 fully saturated rings. The fourth-order valence-electron chi connectivity index (χ4n) is 4.27. The third-order valence-electron chi connectivity index (χ3n) is 5.65. The molecule has 4 aromatic carbocycles. The molecular weight excluding hydrogens is 384 g/mol. The summed E-state index contributed by atoms with van der Waals surface area (Å²) in [6, 6.07) is 21.5. The zero-order valence-corrected chi connectivity index (χ0v) is 18.2. The predicted molar refractivity (Wildman–Crippen MR) is 129 cm³/mol. The Kier molecular flexibility index (Phi) is 3.48. The number of rotatable bonds is 0. The largest absolute Gasteiger partial charge is 0.464 e. The predicted octanol–water partition coefficient (Wildman–Crippen LogP) is 7.87. The molecule has 2 heterocycles. The van der Waals surface area contributed by atoms with Crippen LogP contribution < -0.4 is 0 Å². The molecule has 0 saturated carbocycles. The minimum absolute atomic E-state index is 0.749. The van der Waals surface area contributed by atoms with E-state index in [1.165, 1.54) is 21.5 Å². The highest BCUT2D eigenvalue weighted by atomic mass is 28.3. The number of fused-ring (bicyclic) bond motifs is 9. The van der Waals surface area contributed by atoms with E-state index in [-0.39, 0.29) is 0 Å². The van der Waals surface area contributed by atoms with E-state index >= 15 is 0 Å². The average molecular weight is 405 g/mol. The van der Waals surface area contributed by atoms with Gasteiger partial charge in [-0.15, -0.1) is 5.54 Å². The van der Waals surface area contributed by atoms with Crippen LogP contribution in [0.5, 0.6) is 0 Å². The topological polar surface area (TPSA) is 26.3 Å². The van der Waals surface area contributed by atoms with Crippen molar-refractivity contribution in [1.82, 2.24) is 0 Å². The minimum Gasteiger partial charge on any atom is -0.464 e. The van der Waals surface area contributed by atoms with Gasteiger partial charge in [0.2, 0.25) is 0 Å². The summed E-state index contributed by atoms with van der Waals surface area (Å²) in [6.45, 7) is 6.72. The van der Waals surface area contributed by atoms with Gasteiger partial charge in [0.25, 0.3) is 0 Å². The van der Waals surface area contributed by atoms with Gasteiger partial charge in [-0.3, -0.25) is 0 Å². The maximum atomic E-state index is 6.19. The molecule has 0 unspecified atom stereocenters. The first-order valence-corrected chi connectivity index (χ1v) is 13.7. The van der Waals surface area contributed by atoms with Gasteiger partial charge in [0, 0.05) is 27.6 Å². The van der Waals surface area contributed by atoms with Crippen LogP contribution >= 0.6 is 0 Å². The van der Waals surface area contributed by atoms with Crippen molar-refractivity contribution in [3.05, 3.63) is 72.7 Å². The zero-order valence-electron chi connectivity index (χ0n) is 17.2. The Morgan fingerprint density at radius 2 is 1.20 bits per heavy atom. The van der Waals surface area contributed by atoms with Crippen molar-refractivity contribution in [3.63, 3.8) is 0 Å². The quantitative estimate of drug-likeness (QED) is 0.146. The van der Waals surface area contributed by atoms with Crippen molar-refractivity contribution in [2.24, 2.45) is 0 Å². The molecule has 6 rings (SSSR count). The van der Waals surface area contributed by atoms with Crippen LogP contribution in [0.4, 0.5) is 0 Å². The summed E-state index contributed by atoms with van der Waals surface area (Å²) in [6.07, 6.45) is 1.75. The van der Waals surface area contributed by atoms with Gasteiger partial charge >= 0.3 is 0 Å². The van der Waals surface area contributed by atoms with Crippen LogP contribution in [0, 0.1) is 11.5 Å². The summed E-state index contributed by atoms with van der Waals surface area (Å²) in [5.74, 6) is 4.00. The van der Waals surface area contributed by atoms with Crippen molar-refractivity contribution < 1.29 is 8.83 Å². The van der Waals surface area contributed by atoms with Crippen LogP contribution in [0.3, 0.4) is 0 Å². The molecule has 0 amide bonds. The van der Waals surface area contributed by atoms with E-state index in [0.717, 1.165) is 38.5 Å². The zero-order chi connectivity index (χ0) is 20.5. The van der Waals surface area contributed by atoms with E-state index in [2.05, 4.69) is 85.7 Å². The van der Waals surface area contributed by atoms with Crippen LogP contribution in [0.2, 0.25) is 19.6 Å². The van der Waals surface area contributed by atoms with Gasteiger partial charge in [-0.2, -0.15) is 0 Å². The lowest BCUT2D eigenvalue weighted by atomic mass is 9.95. The lowest BCUT2D eigenvalue weighted by Crippen LogP contribution is -2.16. The third-order valence-corrected chi connectivity index (χ3v) is 6.52. The number of benzene rings is 4. The van der Waals surface area contributed by atoms with Crippen molar-refractivity contribution in [2.75, 3.05) is 0 Å². The molecule has 0 aliphatic carbocycles. The maximum absolute atomic E-state index is 6.19. The van der Waals surface area contributed by atoms with Crippen LogP contribution in [0.15, 0.2) is 75.8 Å². The Morgan fingerprint density at radius 1 is 0.633 bits per heavy atom. The van der Waals surface area contributed by atoms with E-state index < -0.39 is 8.07 Å². The highest BCUT2D eigenvalue weighted by molar-refractivity contribution is 6.83. The highest BCUT2D eigenvalue weighted by Gasteiger charge is 2.13. The summed E-state index contributed by atoms with van der Waals surface area (Å²) in [5.41, 5.74) is 5.25. The van der Waals surface area contributed by atoms with Gasteiger partial charge in [-0.25, -0.2) is 0 Å². The van der Waals surface area contributed by atoms with Gasteiger partial charge in [-0.05, 0) is 45.7 Å². The Bertz CT molecular complexity index is 1680.